The van der Waals surface area contributed by atoms with Crippen LogP contribution in [0.3, 0.4) is 0 Å². The van der Waals surface area contributed by atoms with Crippen molar-refractivity contribution >= 4 is 21.6 Å². The average molecular weight is 499 g/mol. The number of anilines is 1. The second kappa shape index (κ2) is 10.6. The number of ether oxygens (including phenoxy) is 2. The van der Waals surface area contributed by atoms with E-state index in [9.17, 15) is 13.2 Å². The molecule has 2 N–H and O–H groups in total. The Morgan fingerprint density at radius 3 is 2.31 bits per heavy atom. The number of benzene rings is 3. The molecule has 0 bridgehead atoms. The molecule has 0 atom stereocenters. The van der Waals surface area contributed by atoms with Crippen molar-refractivity contribution in [3.8, 4) is 16.9 Å². The van der Waals surface area contributed by atoms with Crippen molar-refractivity contribution in [1.29, 1.82) is 0 Å². The largest absolute Gasteiger partial charge is 0.497 e. The molecule has 0 aromatic heterocycles. The first-order chi connectivity index (χ1) is 16.8. The fourth-order valence-electron chi connectivity index (χ4n) is 4.33. The maximum Gasteiger partial charge on any atom is 0.235 e. The van der Waals surface area contributed by atoms with Gasteiger partial charge in [0.05, 0.1) is 18.8 Å². The lowest BCUT2D eigenvalue weighted by Crippen LogP contribution is -2.44. The van der Waals surface area contributed by atoms with Crippen molar-refractivity contribution in [2.45, 2.75) is 24.8 Å². The molecule has 0 unspecified atom stereocenters. The molecule has 35 heavy (non-hydrogen) atoms. The van der Waals surface area contributed by atoms with Crippen molar-refractivity contribution in [3.63, 3.8) is 0 Å². The molecule has 3 aromatic carbocycles. The summed E-state index contributed by atoms with van der Waals surface area (Å²) in [4.78, 5) is 13.6. The van der Waals surface area contributed by atoms with Gasteiger partial charge in [-0.1, -0.05) is 48.5 Å². The molecule has 1 saturated heterocycles. The van der Waals surface area contributed by atoms with Gasteiger partial charge in [0.2, 0.25) is 15.9 Å². The number of carbonyl (C=O) groups excluding carboxylic acids is 1. The van der Waals surface area contributed by atoms with Gasteiger partial charge >= 0.3 is 0 Å². The van der Waals surface area contributed by atoms with Gasteiger partial charge in [0.15, 0.2) is 0 Å². The monoisotopic (exact) mass is 498 g/mol. The predicted molar refractivity (Wildman–Crippen MR) is 141 cm³/mol. The van der Waals surface area contributed by atoms with Crippen molar-refractivity contribution < 1.29 is 25.5 Å². The summed E-state index contributed by atoms with van der Waals surface area (Å²) in [5.74, 6) is 0.701. The second-order valence-electron chi connectivity index (χ2n) is 8.75. The summed E-state index contributed by atoms with van der Waals surface area (Å²) in [7, 11) is -1.62. The Bertz CT molecular complexity index is 1280. The molecular weight excluding hydrogens is 464 g/mol. The van der Waals surface area contributed by atoms with Crippen LogP contribution >= 0.6 is 0 Å². The number of amides is 1. The van der Waals surface area contributed by atoms with Crippen LogP contribution in [0.15, 0.2) is 72.8 Å². The third kappa shape index (κ3) is 6.08. The predicted octanol–water partition coefficient (Wildman–Crippen LogP) is 4.59. The lowest BCUT2D eigenvalue weighted by atomic mass is 9.73. The minimum Gasteiger partial charge on any atom is -0.497 e. The van der Waals surface area contributed by atoms with E-state index in [4.69, 9.17) is 9.47 Å². The minimum atomic E-state index is -3.24. The molecule has 0 spiro atoms. The van der Waals surface area contributed by atoms with Crippen LogP contribution in [0, 0.1) is 0 Å². The highest BCUT2D eigenvalue weighted by molar-refractivity contribution is 7.88. The molecule has 4 rings (SSSR count). The zero-order chi connectivity index (χ0) is 24.9. The number of nitrogens with one attached hydrogen (secondary N) is 2. The van der Waals surface area contributed by atoms with E-state index in [1.54, 1.807) is 7.11 Å². The van der Waals surface area contributed by atoms with E-state index < -0.39 is 15.4 Å². The van der Waals surface area contributed by atoms with E-state index in [1.807, 2.05) is 72.8 Å². The maximum absolute atomic E-state index is 13.6. The van der Waals surface area contributed by atoms with Gasteiger partial charge in [-0.05, 0) is 59.4 Å². The van der Waals surface area contributed by atoms with Crippen LogP contribution in [-0.4, -0.2) is 40.9 Å². The molecular formula is C27H34N2O5S. The molecule has 1 aliphatic rings. The first-order valence-electron chi connectivity index (χ1n) is 11.5. The fourth-order valence-corrected chi connectivity index (χ4v) is 4.76. The van der Waals surface area contributed by atoms with E-state index in [2.05, 4.69) is 10.0 Å². The highest BCUT2D eigenvalue weighted by atomic mass is 32.2. The maximum atomic E-state index is 13.6. The number of carbonyl (C=O) groups is 1. The van der Waals surface area contributed by atoms with E-state index in [-0.39, 0.29) is 15.3 Å². The molecule has 3 aromatic rings. The highest BCUT2D eigenvalue weighted by Crippen LogP contribution is 2.37. The van der Waals surface area contributed by atoms with Gasteiger partial charge < -0.3 is 14.8 Å². The third-order valence-corrected chi connectivity index (χ3v) is 7.04. The number of hydrogen-bond donors (Lipinski definition) is 2. The summed E-state index contributed by atoms with van der Waals surface area (Å²) >= 11 is 0. The topological polar surface area (TPSA) is 93.7 Å². The van der Waals surface area contributed by atoms with Crippen molar-refractivity contribution in [2.24, 2.45) is 0 Å². The molecule has 8 heteroatoms. The number of rotatable bonds is 8. The molecule has 1 aliphatic heterocycles. The molecule has 1 fully saturated rings. The van der Waals surface area contributed by atoms with E-state index in [1.165, 1.54) is 0 Å². The Morgan fingerprint density at radius 2 is 1.69 bits per heavy atom. The van der Waals surface area contributed by atoms with Gasteiger partial charge in [0.25, 0.3) is 0 Å². The minimum absolute atomic E-state index is 0. The van der Waals surface area contributed by atoms with Crippen LogP contribution < -0.4 is 14.8 Å². The molecule has 1 heterocycles. The lowest BCUT2D eigenvalue weighted by molar-refractivity contribution is -0.125. The van der Waals surface area contributed by atoms with Gasteiger partial charge in [0.1, 0.15) is 5.75 Å². The van der Waals surface area contributed by atoms with Crippen molar-refractivity contribution in [2.75, 3.05) is 31.9 Å². The third-order valence-electron chi connectivity index (χ3n) is 6.37. The van der Waals surface area contributed by atoms with Crippen LogP contribution in [0.5, 0.6) is 5.75 Å². The summed E-state index contributed by atoms with van der Waals surface area (Å²) in [5.41, 5.74) is 3.79. The lowest BCUT2D eigenvalue weighted by Gasteiger charge is -2.36. The van der Waals surface area contributed by atoms with Gasteiger partial charge in [-0.2, -0.15) is 0 Å². The molecule has 0 radical (unpaired) electrons. The van der Waals surface area contributed by atoms with Gasteiger partial charge in [-0.25, -0.2) is 13.1 Å². The Hall–Kier alpha value is -3.20. The Kier molecular flexibility index (Phi) is 7.54. The standard InChI is InChI=1S/C27H30N2O5S.2H2/c1-33-25-12-10-23(11-13-25)27(14-16-34-17-15-27)26(30)29-24-5-3-4-22(18-24)21-8-6-20(7-9-21)19-28-35(2,31)32;;/h3-13,18,28H,14-17,19H2,1-2H3,(H,29,30);2*1H. The summed E-state index contributed by atoms with van der Waals surface area (Å²) in [6.45, 7) is 1.30. The summed E-state index contributed by atoms with van der Waals surface area (Å²) < 4.78 is 36.0. The molecule has 0 aliphatic carbocycles. The molecule has 0 saturated carbocycles. The first-order valence-corrected chi connectivity index (χ1v) is 13.4. The van der Waals surface area contributed by atoms with Crippen molar-refractivity contribution in [3.05, 3.63) is 83.9 Å². The number of sulfonamides is 1. The van der Waals surface area contributed by atoms with E-state index in [0.717, 1.165) is 39.9 Å². The van der Waals surface area contributed by atoms with Gasteiger partial charge in [-0.3, -0.25) is 4.79 Å². The first kappa shape index (κ1) is 24.9. The zero-order valence-electron chi connectivity index (χ0n) is 19.9. The molecule has 1 amide bonds. The zero-order valence-corrected chi connectivity index (χ0v) is 20.7. The Morgan fingerprint density at radius 1 is 1.00 bits per heavy atom. The molecule has 188 valence electrons. The Labute approximate surface area is 209 Å². The smallest absolute Gasteiger partial charge is 0.235 e. The summed E-state index contributed by atoms with van der Waals surface area (Å²) in [6, 6.07) is 23.1. The summed E-state index contributed by atoms with van der Waals surface area (Å²) in [6.07, 6.45) is 2.35. The normalized spacial score (nSPS) is 15.4. The number of methoxy groups -OCH3 is 1. The van der Waals surface area contributed by atoms with Crippen LogP contribution in [-0.2, 0) is 31.5 Å². The average Bonchev–Trinajstić information content (AvgIpc) is 2.88. The van der Waals surface area contributed by atoms with E-state index in [0.29, 0.717) is 26.1 Å². The molecule has 7 nitrogen and oxygen atoms in total. The van der Waals surface area contributed by atoms with Gasteiger partial charge in [-0.15, -0.1) is 0 Å². The number of hydrogen-bond acceptors (Lipinski definition) is 5. The van der Waals surface area contributed by atoms with Gasteiger partial charge in [0, 0.05) is 28.3 Å². The SMILES string of the molecule is COc1ccc(C2(C(=O)Nc3cccc(-c4ccc(CNS(C)(=O)=O)cc4)c3)CCOCC2)cc1.[HH].[HH]. The van der Waals surface area contributed by atoms with Crippen LogP contribution in [0.2, 0.25) is 0 Å². The highest BCUT2D eigenvalue weighted by Gasteiger charge is 2.41. The van der Waals surface area contributed by atoms with Crippen molar-refractivity contribution in [1.82, 2.24) is 4.72 Å². The second-order valence-corrected chi connectivity index (χ2v) is 10.6. The quantitative estimate of drug-likeness (QED) is 0.474. The van der Waals surface area contributed by atoms with Crippen LogP contribution in [0.25, 0.3) is 11.1 Å². The Balaban J connectivity index is 0.00000241. The fraction of sp³-hybridized carbons (Fsp3) is 0.296. The summed E-state index contributed by atoms with van der Waals surface area (Å²) in [5, 5.41) is 3.14. The van der Waals surface area contributed by atoms with E-state index >= 15 is 0 Å². The van der Waals surface area contributed by atoms with Crippen LogP contribution in [0.4, 0.5) is 5.69 Å². The van der Waals surface area contributed by atoms with Crippen LogP contribution in [0.1, 0.15) is 26.8 Å².